The van der Waals surface area contributed by atoms with Gasteiger partial charge in [0.1, 0.15) is 5.82 Å². The monoisotopic (exact) mass is 557 g/mol. The highest BCUT2D eigenvalue weighted by atomic mass is 127. The van der Waals surface area contributed by atoms with Crippen LogP contribution in [-0.4, -0.2) is 31.2 Å². The van der Waals surface area contributed by atoms with E-state index in [0.717, 1.165) is 25.1 Å². The second-order valence-electron chi connectivity index (χ2n) is 7.04. The van der Waals surface area contributed by atoms with Gasteiger partial charge in [-0.1, -0.05) is 11.6 Å². The number of carbonyl (C=O) groups excluding carboxylic acids is 2. The van der Waals surface area contributed by atoms with Gasteiger partial charge in [0.15, 0.2) is 11.2 Å². The average molecular weight is 558 g/mol. The third kappa shape index (κ3) is 3.12. The highest BCUT2D eigenvalue weighted by molar-refractivity contribution is 14.1. The topological polar surface area (TPSA) is 80.1 Å². The first-order chi connectivity index (χ1) is 14.5. The number of aromatic nitrogens is 3. The molecule has 1 aromatic carbocycles. The van der Waals surface area contributed by atoms with E-state index < -0.39 is 23.7 Å². The summed E-state index contributed by atoms with van der Waals surface area (Å²) in [5.74, 6) is -1.43. The zero-order chi connectivity index (χ0) is 21.0. The van der Waals surface area contributed by atoms with Crippen molar-refractivity contribution < 1.29 is 14.0 Å². The van der Waals surface area contributed by atoms with Crippen LogP contribution >= 0.6 is 45.5 Å². The summed E-state index contributed by atoms with van der Waals surface area (Å²) in [6.07, 6.45) is 4.97. The molecule has 7 nitrogen and oxygen atoms in total. The van der Waals surface area contributed by atoms with Gasteiger partial charge in [0.05, 0.1) is 29.2 Å². The minimum atomic E-state index is -1.02. The van der Waals surface area contributed by atoms with Crippen LogP contribution in [0.25, 0.3) is 0 Å². The van der Waals surface area contributed by atoms with Crippen molar-refractivity contribution in [1.82, 2.24) is 19.4 Å². The Hall–Kier alpha value is -2.05. The van der Waals surface area contributed by atoms with E-state index in [1.165, 1.54) is 22.3 Å². The van der Waals surface area contributed by atoms with Crippen LogP contribution in [0.2, 0.25) is 5.02 Å². The summed E-state index contributed by atoms with van der Waals surface area (Å²) in [6.45, 7) is 0.759. The summed E-state index contributed by atoms with van der Waals surface area (Å²) >= 11 is 9.51. The van der Waals surface area contributed by atoms with Crippen molar-refractivity contribution in [3.05, 3.63) is 60.9 Å². The van der Waals surface area contributed by atoms with Crippen molar-refractivity contribution in [2.24, 2.45) is 0 Å². The number of nitrogens with zero attached hydrogens (tertiary/aromatic N) is 4. The van der Waals surface area contributed by atoms with E-state index in [9.17, 15) is 14.0 Å². The summed E-state index contributed by atoms with van der Waals surface area (Å²) in [5.41, 5.74) is 1.74. The van der Waals surface area contributed by atoms with Gasteiger partial charge < -0.3 is 9.47 Å². The summed E-state index contributed by atoms with van der Waals surface area (Å²) in [7, 11) is 0. The van der Waals surface area contributed by atoms with Gasteiger partial charge in [-0.25, -0.2) is 14.4 Å². The zero-order valence-corrected chi connectivity index (χ0v) is 19.1. The van der Waals surface area contributed by atoms with Crippen molar-refractivity contribution >= 4 is 62.5 Å². The minimum absolute atomic E-state index is 0.0567. The molecule has 4 heterocycles. The predicted molar refractivity (Wildman–Crippen MR) is 118 cm³/mol. The normalized spacial score (nSPS) is 16.0. The molecular formula is C19H14ClFIN5O2S. The Balaban J connectivity index is 1.58. The van der Waals surface area contributed by atoms with E-state index in [0.29, 0.717) is 14.4 Å². The Labute approximate surface area is 193 Å². The molecule has 3 aromatic rings. The number of rotatable bonds is 4. The van der Waals surface area contributed by atoms with Crippen LogP contribution in [-0.2, 0) is 24.3 Å². The smallest absolute Gasteiger partial charge is 0.257 e. The fourth-order valence-corrected chi connectivity index (χ4v) is 5.33. The number of fused-ring (bicyclic) bond motifs is 2. The number of anilines is 1. The summed E-state index contributed by atoms with van der Waals surface area (Å²) in [6, 6.07) is 0.286. The Bertz CT molecular complexity index is 1180. The van der Waals surface area contributed by atoms with Crippen LogP contribution in [0.15, 0.2) is 24.0 Å². The van der Waals surface area contributed by atoms with Gasteiger partial charge in [-0.2, -0.15) is 0 Å². The van der Waals surface area contributed by atoms with Crippen LogP contribution in [0, 0.1) is 9.39 Å². The van der Waals surface area contributed by atoms with Gasteiger partial charge in [0, 0.05) is 32.9 Å². The van der Waals surface area contributed by atoms with Gasteiger partial charge in [-0.05, 0) is 41.5 Å². The molecule has 0 saturated carbocycles. The highest BCUT2D eigenvalue weighted by Gasteiger charge is 2.43. The van der Waals surface area contributed by atoms with Crippen LogP contribution in [0.1, 0.15) is 39.8 Å². The number of nitrogens with one attached hydrogen (secondary N) is 1. The molecule has 30 heavy (non-hydrogen) atoms. The van der Waals surface area contributed by atoms with E-state index in [4.69, 9.17) is 11.6 Å². The molecule has 0 aliphatic carbocycles. The zero-order valence-electron chi connectivity index (χ0n) is 15.4. The molecule has 0 fully saturated rings. The van der Waals surface area contributed by atoms with Gasteiger partial charge in [-0.3, -0.25) is 14.9 Å². The summed E-state index contributed by atoms with van der Waals surface area (Å²) < 4.78 is 17.1. The quantitative estimate of drug-likeness (QED) is 0.388. The second kappa shape index (κ2) is 7.57. The second-order valence-corrected chi connectivity index (χ2v) is 9.48. The van der Waals surface area contributed by atoms with Crippen molar-refractivity contribution in [1.29, 1.82) is 0 Å². The average Bonchev–Trinajstić information content (AvgIpc) is 3.47. The molecule has 2 amide bonds. The van der Waals surface area contributed by atoms with E-state index in [-0.39, 0.29) is 22.7 Å². The fourth-order valence-electron chi connectivity index (χ4n) is 4.01. The SMILES string of the molecule is O=C(Nc1nccs1)C(c1ncn2c1CCC2)N1Cc2c(F)cc(I)c(Cl)c2C1=O. The van der Waals surface area contributed by atoms with Gasteiger partial charge in [-0.15, -0.1) is 11.3 Å². The number of halogens is 3. The Morgan fingerprint density at radius 1 is 1.40 bits per heavy atom. The molecule has 0 spiro atoms. The molecule has 0 saturated heterocycles. The van der Waals surface area contributed by atoms with Crippen molar-refractivity contribution in [3.63, 3.8) is 0 Å². The summed E-state index contributed by atoms with van der Waals surface area (Å²) in [4.78, 5) is 36.5. The molecule has 154 valence electrons. The molecule has 0 radical (unpaired) electrons. The Morgan fingerprint density at radius 2 is 2.23 bits per heavy atom. The lowest BCUT2D eigenvalue weighted by atomic mass is 10.1. The first kappa shape index (κ1) is 19.9. The van der Waals surface area contributed by atoms with Crippen molar-refractivity contribution in [2.45, 2.75) is 32.0 Å². The van der Waals surface area contributed by atoms with Crippen LogP contribution < -0.4 is 5.32 Å². The number of amides is 2. The number of aryl methyl sites for hydroxylation is 1. The molecule has 2 aliphatic rings. The number of thiazole rings is 1. The molecule has 0 bridgehead atoms. The van der Waals surface area contributed by atoms with E-state index in [1.54, 1.807) is 17.9 Å². The van der Waals surface area contributed by atoms with Crippen LogP contribution in [0.4, 0.5) is 9.52 Å². The van der Waals surface area contributed by atoms with E-state index in [1.807, 2.05) is 27.2 Å². The molecule has 1 N–H and O–H groups in total. The lowest BCUT2D eigenvalue weighted by Gasteiger charge is -2.26. The van der Waals surface area contributed by atoms with Gasteiger partial charge >= 0.3 is 0 Å². The molecular weight excluding hydrogens is 544 g/mol. The maximum Gasteiger partial charge on any atom is 0.257 e. The lowest BCUT2D eigenvalue weighted by molar-refractivity contribution is -0.121. The molecule has 5 rings (SSSR count). The molecule has 1 unspecified atom stereocenters. The summed E-state index contributed by atoms with van der Waals surface area (Å²) in [5, 5.41) is 5.13. The first-order valence-corrected chi connectivity index (χ1v) is 11.5. The Kier molecular flexibility index (Phi) is 5.02. The molecule has 11 heteroatoms. The number of carbonyl (C=O) groups is 2. The third-order valence-corrected chi connectivity index (χ3v) is 7.60. The van der Waals surface area contributed by atoms with Crippen molar-refractivity contribution in [3.8, 4) is 0 Å². The number of hydrogen-bond donors (Lipinski definition) is 1. The van der Waals surface area contributed by atoms with Crippen molar-refractivity contribution in [2.75, 3.05) is 5.32 Å². The maximum atomic E-state index is 14.6. The van der Waals surface area contributed by atoms with Gasteiger partial charge in [0.2, 0.25) is 0 Å². The number of benzene rings is 1. The van der Waals surface area contributed by atoms with Gasteiger partial charge in [0.25, 0.3) is 11.8 Å². The first-order valence-electron chi connectivity index (χ1n) is 9.17. The maximum absolute atomic E-state index is 14.6. The van der Waals surface area contributed by atoms with Crippen LogP contribution in [0.3, 0.4) is 0 Å². The fraction of sp³-hybridized carbons (Fsp3) is 0.263. The van der Waals surface area contributed by atoms with E-state index in [2.05, 4.69) is 15.3 Å². The van der Waals surface area contributed by atoms with E-state index >= 15 is 0 Å². The number of imidazole rings is 1. The number of hydrogen-bond acceptors (Lipinski definition) is 5. The minimum Gasteiger partial charge on any atom is -0.334 e. The molecule has 1 atom stereocenters. The largest absolute Gasteiger partial charge is 0.334 e. The molecule has 2 aromatic heterocycles. The predicted octanol–water partition coefficient (Wildman–Crippen LogP) is 4.02. The standard InChI is InChI=1S/C19H14ClFIN5O2S/c20-14-11(22)6-10(21)9-7-27(18(29)13(9)14)16(17(28)25-19-23-3-5-30-19)15-12-2-1-4-26(12)8-24-15/h3,5-6,8,16H,1-2,4,7H2,(H,23,25,28). The highest BCUT2D eigenvalue weighted by Crippen LogP contribution is 2.39. The lowest BCUT2D eigenvalue weighted by Crippen LogP contribution is -2.38. The van der Waals surface area contributed by atoms with Crippen LogP contribution in [0.5, 0.6) is 0 Å². The Morgan fingerprint density at radius 3 is 3.00 bits per heavy atom. The molecule has 2 aliphatic heterocycles. The third-order valence-electron chi connectivity index (χ3n) is 5.35.